The highest BCUT2D eigenvalue weighted by Crippen LogP contribution is 2.40. The molecule has 3 heterocycles. The molecule has 6 nitrogen and oxygen atoms in total. The molecule has 0 radical (unpaired) electrons. The maximum Gasteiger partial charge on any atom is 0.347 e. The van der Waals surface area contributed by atoms with Gasteiger partial charge in [0.25, 0.3) is 0 Å². The topological polar surface area (TPSA) is 89.1 Å². The van der Waals surface area contributed by atoms with Crippen molar-refractivity contribution < 1.29 is 0 Å². The third-order valence-corrected chi connectivity index (χ3v) is 6.67. The summed E-state index contributed by atoms with van der Waals surface area (Å²) in [6.45, 7) is 0. The van der Waals surface area contributed by atoms with Crippen LogP contribution >= 0.6 is 0 Å². The number of hydrogen-bond acceptors (Lipinski definition) is 4. The number of fused-ring (bicyclic) bond motifs is 4. The number of benzene rings is 2. The minimum Gasteiger partial charge on any atom is -0.321 e. The Labute approximate surface area is 185 Å². The van der Waals surface area contributed by atoms with Gasteiger partial charge in [-0.05, 0) is 42.5 Å². The van der Waals surface area contributed by atoms with E-state index < -0.39 is 0 Å². The second-order valence-electron chi connectivity index (χ2n) is 8.70. The highest BCUT2D eigenvalue weighted by atomic mass is 16.1. The summed E-state index contributed by atoms with van der Waals surface area (Å²) in [7, 11) is 0. The van der Waals surface area contributed by atoms with Crippen molar-refractivity contribution >= 4 is 28.8 Å². The van der Waals surface area contributed by atoms with Gasteiger partial charge in [-0.3, -0.25) is 9.56 Å². The number of hydrogen-bond donors (Lipinski definition) is 2. The Morgan fingerprint density at radius 2 is 1.78 bits per heavy atom. The molecule has 1 fully saturated rings. The van der Waals surface area contributed by atoms with Crippen molar-refractivity contribution in [2.75, 3.05) is 0 Å². The Morgan fingerprint density at radius 3 is 2.50 bits per heavy atom. The summed E-state index contributed by atoms with van der Waals surface area (Å²) in [4.78, 5) is 17.3. The van der Waals surface area contributed by atoms with E-state index in [-0.39, 0.29) is 11.2 Å². The normalized spacial score (nSPS) is 18.8. The first kappa shape index (κ1) is 19.0. The standard InChI is InChI=1S/C26H23N5O/c27-26(12-4-13-26)20-9-7-18(8-10-20)23-22(17-5-2-1-3-6-17)16-19-15-21(28-23)11-14-31-24(19)29-30-25(31)32/h1-3,5-11,14,16H,4,12-13,15,27H2,(H,30,32). The molecule has 0 spiro atoms. The molecule has 32 heavy (non-hydrogen) atoms. The second-order valence-corrected chi connectivity index (χ2v) is 8.70. The van der Waals surface area contributed by atoms with Crippen LogP contribution in [0, 0.1) is 0 Å². The molecule has 0 unspecified atom stereocenters. The maximum atomic E-state index is 12.2. The molecule has 0 amide bonds. The van der Waals surface area contributed by atoms with Gasteiger partial charge in [0.05, 0.1) is 5.70 Å². The van der Waals surface area contributed by atoms with Crippen molar-refractivity contribution in [2.24, 2.45) is 10.7 Å². The minimum atomic E-state index is -0.253. The molecule has 2 aliphatic heterocycles. The third kappa shape index (κ3) is 3.03. The summed E-state index contributed by atoms with van der Waals surface area (Å²) in [6, 6.07) is 18.8. The van der Waals surface area contributed by atoms with Crippen molar-refractivity contribution in [1.82, 2.24) is 14.8 Å². The van der Waals surface area contributed by atoms with Gasteiger partial charge in [-0.25, -0.2) is 9.89 Å². The largest absolute Gasteiger partial charge is 0.347 e. The van der Waals surface area contributed by atoms with Gasteiger partial charge in [0.2, 0.25) is 0 Å². The van der Waals surface area contributed by atoms with Crippen LogP contribution in [0.1, 0.15) is 48.2 Å². The van der Waals surface area contributed by atoms with E-state index in [4.69, 9.17) is 10.7 Å². The van der Waals surface area contributed by atoms with E-state index in [2.05, 4.69) is 52.7 Å². The van der Waals surface area contributed by atoms with Gasteiger partial charge < -0.3 is 5.73 Å². The van der Waals surface area contributed by atoms with E-state index in [9.17, 15) is 4.79 Å². The highest BCUT2D eigenvalue weighted by Gasteiger charge is 2.34. The fourth-order valence-corrected chi connectivity index (χ4v) is 4.67. The van der Waals surface area contributed by atoms with Gasteiger partial charge in [0.15, 0.2) is 5.82 Å². The molecule has 2 bridgehead atoms. The zero-order valence-electron chi connectivity index (χ0n) is 17.6. The van der Waals surface area contributed by atoms with Crippen LogP contribution < -0.4 is 11.4 Å². The first-order valence-corrected chi connectivity index (χ1v) is 10.9. The number of nitrogens with zero attached hydrogens (tertiary/aromatic N) is 3. The Kier molecular flexibility index (Phi) is 4.23. The molecule has 1 saturated carbocycles. The summed E-state index contributed by atoms with van der Waals surface area (Å²) in [5.41, 5.74) is 13.1. The third-order valence-electron chi connectivity index (χ3n) is 6.67. The zero-order valence-corrected chi connectivity index (χ0v) is 17.6. The lowest BCUT2D eigenvalue weighted by atomic mass is 9.72. The van der Waals surface area contributed by atoms with Gasteiger partial charge >= 0.3 is 5.69 Å². The smallest absolute Gasteiger partial charge is 0.321 e. The van der Waals surface area contributed by atoms with Gasteiger partial charge in [-0.2, -0.15) is 5.10 Å². The monoisotopic (exact) mass is 421 g/mol. The van der Waals surface area contributed by atoms with E-state index in [0.717, 1.165) is 46.5 Å². The molecule has 0 saturated heterocycles. The molecule has 6 heteroatoms. The first-order valence-electron chi connectivity index (χ1n) is 10.9. The minimum absolute atomic E-state index is 0.187. The Bertz CT molecular complexity index is 1380. The average molecular weight is 422 g/mol. The van der Waals surface area contributed by atoms with E-state index in [1.165, 1.54) is 16.6 Å². The number of aliphatic imine (C=N–C) groups is 1. The van der Waals surface area contributed by atoms with Crippen LogP contribution in [-0.2, 0) is 5.54 Å². The van der Waals surface area contributed by atoms with Gasteiger partial charge in [0, 0.05) is 40.6 Å². The lowest BCUT2D eigenvalue weighted by molar-refractivity contribution is 0.253. The average Bonchev–Trinajstić information content (AvgIpc) is 2.97. The van der Waals surface area contributed by atoms with Crippen LogP contribution in [0.4, 0.5) is 0 Å². The summed E-state index contributed by atoms with van der Waals surface area (Å²) in [6.07, 6.45) is 9.61. The molecule has 2 aromatic carbocycles. The fraction of sp³-hybridized carbons (Fsp3) is 0.192. The predicted octanol–water partition coefficient (Wildman–Crippen LogP) is 4.19. The number of aromatic nitrogens is 3. The van der Waals surface area contributed by atoms with E-state index in [0.29, 0.717) is 12.2 Å². The Balaban J connectivity index is 1.55. The second kappa shape index (κ2) is 7.14. The Hall–Kier alpha value is -3.77. The fourth-order valence-electron chi connectivity index (χ4n) is 4.67. The number of nitrogens with one attached hydrogen (secondary N) is 1. The number of allylic oxidation sites excluding steroid dienone is 4. The highest BCUT2D eigenvalue weighted by molar-refractivity contribution is 6.13. The van der Waals surface area contributed by atoms with E-state index in [1.54, 1.807) is 6.20 Å². The lowest BCUT2D eigenvalue weighted by Gasteiger charge is -2.38. The number of nitrogens with two attached hydrogens (primary N) is 1. The first-order chi connectivity index (χ1) is 15.6. The molecule has 1 aliphatic carbocycles. The van der Waals surface area contributed by atoms with Crippen LogP contribution in [-0.4, -0.2) is 20.5 Å². The van der Waals surface area contributed by atoms with Crippen molar-refractivity contribution in [3.63, 3.8) is 0 Å². The molecular formula is C26H23N5O. The van der Waals surface area contributed by atoms with Crippen molar-refractivity contribution in [3.8, 4) is 0 Å². The van der Waals surface area contributed by atoms with Crippen LogP contribution in [0.2, 0.25) is 0 Å². The molecule has 0 atom stereocenters. The van der Waals surface area contributed by atoms with Crippen molar-refractivity contribution in [2.45, 2.75) is 31.2 Å². The lowest BCUT2D eigenvalue weighted by Crippen LogP contribution is -2.43. The van der Waals surface area contributed by atoms with E-state index >= 15 is 0 Å². The van der Waals surface area contributed by atoms with Crippen LogP contribution in [0.15, 0.2) is 76.5 Å². The molecular weight excluding hydrogens is 398 g/mol. The van der Waals surface area contributed by atoms with Crippen LogP contribution in [0.25, 0.3) is 23.0 Å². The molecule has 1 aromatic heterocycles. The van der Waals surface area contributed by atoms with Crippen molar-refractivity contribution in [1.29, 1.82) is 0 Å². The molecule has 3 aromatic rings. The molecule has 158 valence electrons. The quantitative estimate of drug-likeness (QED) is 0.665. The predicted molar refractivity (Wildman–Crippen MR) is 128 cm³/mol. The SMILES string of the molecule is NC1(c2ccc(C3=C(c4ccccc4)C=C4CC(=N3)C=Cn3c4n[nH]c3=O)cc2)CCC1. The number of H-pyrrole nitrogens is 1. The van der Waals surface area contributed by atoms with Gasteiger partial charge in [-0.15, -0.1) is 0 Å². The van der Waals surface area contributed by atoms with Crippen LogP contribution in [0.5, 0.6) is 0 Å². The Morgan fingerprint density at radius 1 is 1.00 bits per heavy atom. The molecule has 3 N–H and O–H groups in total. The maximum absolute atomic E-state index is 12.2. The van der Waals surface area contributed by atoms with E-state index in [1.807, 2.05) is 24.3 Å². The number of aromatic amines is 1. The van der Waals surface area contributed by atoms with Crippen molar-refractivity contribution in [3.05, 3.63) is 99.7 Å². The van der Waals surface area contributed by atoms with Gasteiger partial charge in [-0.1, -0.05) is 54.6 Å². The summed E-state index contributed by atoms with van der Waals surface area (Å²) < 4.78 is 1.54. The number of rotatable bonds is 3. The zero-order chi connectivity index (χ0) is 21.7. The summed E-state index contributed by atoms with van der Waals surface area (Å²) in [5, 5.41) is 6.83. The molecule has 3 aliphatic rings. The van der Waals surface area contributed by atoms with Gasteiger partial charge in [0.1, 0.15) is 0 Å². The van der Waals surface area contributed by atoms with Crippen LogP contribution in [0.3, 0.4) is 0 Å². The molecule has 6 rings (SSSR count). The summed E-state index contributed by atoms with van der Waals surface area (Å²) in [5.74, 6) is 0.622. The summed E-state index contributed by atoms with van der Waals surface area (Å²) >= 11 is 0.